The number of nitrogens with zero attached hydrogens (tertiary/aromatic N) is 3. The first-order valence-corrected chi connectivity index (χ1v) is 12.3. The molecule has 9 nitrogen and oxygen atoms in total. The topological polar surface area (TPSA) is 126 Å². The number of piperidine rings is 1. The highest BCUT2D eigenvalue weighted by Gasteiger charge is 2.45. The Morgan fingerprint density at radius 2 is 1.91 bits per heavy atom. The minimum Gasteiger partial charge on any atom is -0.477 e. The van der Waals surface area contributed by atoms with E-state index in [0.717, 1.165) is 25.2 Å². The number of hydrogen-bond acceptors (Lipinski definition) is 7. The molecule has 3 aliphatic heterocycles. The van der Waals surface area contributed by atoms with Crippen LogP contribution in [0.15, 0.2) is 28.3 Å². The number of carboxylic acid groups (broad SMARTS) is 1. The van der Waals surface area contributed by atoms with E-state index >= 15 is 0 Å². The first kappa shape index (κ1) is 24.8. The summed E-state index contributed by atoms with van der Waals surface area (Å²) < 4.78 is 39.7. The van der Waals surface area contributed by atoms with Gasteiger partial charge in [-0.1, -0.05) is 16.8 Å². The fourth-order valence-electron chi connectivity index (χ4n) is 4.01. The third kappa shape index (κ3) is 5.76. The normalized spacial score (nSPS) is 21.0. The third-order valence-electron chi connectivity index (χ3n) is 5.89. The van der Waals surface area contributed by atoms with Crippen molar-refractivity contribution in [3.63, 3.8) is 0 Å². The molecule has 1 aromatic carbocycles. The summed E-state index contributed by atoms with van der Waals surface area (Å²) in [4.78, 5) is 18.5. The number of rotatable bonds is 5. The smallest absolute Gasteiger partial charge is 0.353 e. The zero-order valence-electron chi connectivity index (χ0n) is 17.7. The second-order valence-electron chi connectivity index (χ2n) is 8.11. The Morgan fingerprint density at radius 1 is 1.25 bits per heavy atom. The van der Waals surface area contributed by atoms with Crippen molar-refractivity contribution in [2.45, 2.75) is 42.6 Å². The molecule has 0 atom stereocenters. The monoisotopic (exact) mass is 490 g/mol. The molecule has 0 bridgehead atoms. The lowest BCUT2D eigenvalue weighted by atomic mass is 9.88. The third-order valence-corrected chi connectivity index (χ3v) is 8.08. The molecule has 0 aromatic heterocycles. The van der Waals surface area contributed by atoms with Crippen molar-refractivity contribution in [1.29, 1.82) is 0 Å². The van der Waals surface area contributed by atoms with Crippen LogP contribution in [-0.2, 0) is 19.7 Å². The van der Waals surface area contributed by atoms with E-state index in [-0.39, 0.29) is 35.1 Å². The number of benzene rings is 1. The Morgan fingerprint density at radius 3 is 2.44 bits per heavy atom. The molecule has 0 radical (unpaired) electrons. The molecule has 2 saturated heterocycles. The summed E-state index contributed by atoms with van der Waals surface area (Å²) in [6.07, 6.45) is 3.54. The fourth-order valence-corrected chi connectivity index (χ4v) is 5.73. The van der Waals surface area contributed by atoms with Gasteiger partial charge in [0, 0.05) is 45.4 Å². The molecular formula is C20H28ClFN4O5S. The molecule has 0 aliphatic carbocycles. The molecule has 0 amide bonds. The van der Waals surface area contributed by atoms with Crippen LogP contribution in [0, 0.1) is 5.82 Å². The van der Waals surface area contributed by atoms with Crippen LogP contribution >= 0.6 is 11.6 Å². The predicted molar refractivity (Wildman–Crippen MR) is 118 cm³/mol. The average Bonchev–Trinajstić information content (AvgIpc) is 3.42. The molecule has 1 aromatic rings. The van der Waals surface area contributed by atoms with Gasteiger partial charge in [-0.25, -0.2) is 17.6 Å². The van der Waals surface area contributed by atoms with Crippen molar-refractivity contribution in [1.82, 2.24) is 9.21 Å². The number of aliphatic carboxylic acids is 1. The molecular weight excluding hydrogens is 463 g/mol. The van der Waals surface area contributed by atoms with Crippen LogP contribution in [0.3, 0.4) is 0 Å². The number of likely N-dealkylation sites (tertiary alicyclic amines) is 1. The van der Waals surface area contributed by atoms with Gasteiger partial charge >= 0.3 is 5.97 Å². The first-order valence-electron chi connectivity index (χ1n) is 10.5. The standard InChI is InChI=1S/C14H14ClFN2O5S.C6H14N2/c15-10-7-9(1-2-11(10)16)24(21,22)18-5-3-14(4-6-18)8-12(13(19)20)17-23-14;7-3-6-8-4-1-2-5-8/h1-2,7H,3-6,8H2,(H,19,20);1-7H2. The number of carboxylic acids is 1. The lowest BCUT2D eigenvalue weighted by Crippen LogP contribution is -2.47. The SMILES string of the molecule is NCCN1CCCC1.O=C(O)C1=NOC2(CCN(S(=O)(=O)c3ccc(F)c(Cl)c3)CC2)C1. The fraction of sp³-hybridized carbons (Fsp3) is 0.600. The van der Waals surface area contributed by atoms with Crippen molar-refractivity contribution in [2.24, 2.45) is 10.9 Å². The van der Waals surface area contributed by atoms with Gasteiger partial charge in [0.05, 0.1) is 9.92 Å². The van der Waals surface area contributed by atoms with Gasteiger partial charge in [0.15, 0.2) is 5.71 Å². The summed E-state index contributed by atoms with van der Waals surface area (Å²) in [6, 6.07) is 3.25. The highest BCUT2D eigenvalue weighted by molar-refractivity contribution is 7.89. The molecule has 3 aliphatic rings. The van der Waals surface area contributed by atoms with Crippen LogP contribution in [0.4, 0.5) is 4.39 Å². The molecule has 0 unspecified atom stereocenters. The van der Waals surface area contributed by atoms with Crippen LogP contribution in [-0.4, -0.2) is 79.3 Å². The van der Waals surface area contributed by atoms with Gasteiger partial charge in [0.2, 0.25) is 10.0 Å². The zero-order chi connectivity index (χ0) is 23.4. The number of nitrogens with two attached hydrogens (primary N) is 1. The van der Waals surface area contributed by atoms with Crippen LogP contribution in [0.2, 0.25) is 5.02 Å². The second kappa shape index (κ2) is 10.4. The van der Waals surface area contributed by atoms with E-state index < -0.39 is 27.4 Å². The predicted octanol–water partition coefficient (Wildman–Crippen LogP) is 1.90. The van der Waals surface area contributed by atoms with Gasteiger partial charge in [-0.2, -0.15) is 4.31 Å². The first-order chi connectivity index (χ1) is 15.2. The van der Waals surface area contributed by atoms with E-state index in [1.54, 1.807) is 0 Å². The Balaban J connectivity index is 0.000000305. The summed E-state index contributed by atoms with van der Waals surface area (Å²) in [5.74, 6) is -1.83. The summed E-state index contributed by atoms with van der Waals surface area (Å²) >= 11 is 5.65. The second-order valence-corrected chi connectivity index (χ2v) is 10.5. The largest absolute Gasteiger partial charge is 0.477 e. The zero-order valence-corrected chi connectivity index (χ0v) is 19.2. The van der Waals surface area contributed by atoms with E-state index in [0.29, 0.717) is 12.8 Å². The molecule has 2 fully saturated rings. The van der Waals surface area contributed by atoms with E-state index in [4.69, 9.17) is 27.3 Å². The van der Waals surface area contributed by atoms with Crippen LogP contribution < -0.4 is 5.73 Å². The number of halogens is 2. The van der Waals surface area contributed by atoms with E-state index in [9.17, 15) is 17.6 Å². The van der Waals surface area contributed by atoms with Gasteiger partial charge in [0.25, 0.3) is 0 Å². The van der Waals surface area contributed by atoms with Gasteiger partial charge in [0.1, 0.15) is 11.4 Å². The maximum atomic E-state index is 13.2. The summed E-state index contributed by atoms with van der Waals surface area (Å²) in [7, 11) is -3.80. The van der Waals surface area contributed by atoms with Crippen LogP contribution in [0.1, 0.15) is 32.1 Å². The van der Waals surface area contributed by atoms with Crippen LogP contribution in [0.25, 0.3) is 0 Å². The van der Waals surface area contributed by atoms with Crippen molar-refractivity contribution in [2.75, 3.05) is 39.3 Å². The molecule has 4 rings (SSSR count). The van der Waals surface area contributed by atoms with Crippen molar-refractivity contribution < 1.29 is 27.5 Å². The van der Waals surface area contributed by atoms with Crippen molar-refractivity contribution in [3.05, 3.63) is 29.0 Å². The van der Waals surface area contributed by atoms with Gasteiger partial charge in [-0.3, -0.25) is 0 Å². The minimum absolute atomic E-state index is 0.0587. The minimum atomic E-state index is -3.80. The Labute approximate surface area is 192 Å². The highest BCUT2D eigenvalue weighted by Crippen LogP contribution is 2.36. The Kier molecular flexibility index (Phi) is 8.10. The van der Waals surface area contributed by atoms with E-state index in [1.165, 1.54) is 36.3 Å². The van der Waals surface area contributed by atoms with Gasteiger partial charge < -0.3 is 20.6 Å². The van der Waals surface area contributed by atoms with Crippen LogP contribution in [0.5, 0.6) is 0 Å². The van der Waals surface area contributed by atoms with E-state index in [2.05, 4.69) is 10.1 Å². The summed E-state index contributed by atoms with van der Waals surface area (Å²) in [5.41, 5.74) is 4.54. The van der Waals surface area contributed by atoms with Crippen molar-refractivity contribution >= 4 is 33.3 Å². The molecule has 32 heavy (non-hydrogen) atoms. The van der Waals surface area contributed by atoms with Gasteiger partial charge in [-0.05, 0) is 44.1 Å². The molecule has 1 spiro atoms. The molecule has 3 heterocycles. The molecule has 178 valence electrons. The average molecular weight is 491 g/mol. The molecule has 0 saturated carbocycles. The molecule has 12 heteroatoms. The summed E-state index contributed by atoms with van der Waals surface area (Å²) in [6.45, 7) is 4.77. The lowest BCUT2D eigenvalue weighted by molar-refractivity contribution is -0.129. The summed E-state index contributed by atoms with van der Waals surface area (Å²) in [5, 5.41) is 12.3. The number of hydrogen-bond donors (Lipinski definition) is 2. The lowest BCUT2D eigenvalue weighted by Gasteiger charge is -2.36. The van der Waals surface area contributed by atoms with E-state index in [1.807, 2.05) is 0 Å². The van der Waals surface area contributed by atoms with Crippen molar-refractivity contribution in [3.8, 4) is 0 Å². The Bertz CT molecular complexity index is 961. The number of sulfonamides is 1. The van der Waals surface area contributed by atoms with Gasteiger partial charge in [-0.15, -0.1) is 0 Å². The maximum absolute atomic E-state index is 13.2. The number of oxime groups is 1. The number of carbonyl (C=O) groups is 1. The quantitative estimate of drug-likeness (QED) is 0.645. The maximum Gasteiger partial charge on any atom is 0.353 e. The Hall–Kier alpha value is -1.79. The molecule has 3 N–H and O–H groups in total. The highest BCUT2D eigenvalue weighted by atomic mass is 35.5.